The Hall–Kier alpha value is -2.55. The summed E-state index contributed by atoms with van der Waals surface area (Å²) in [5, 5.41) is 6.82. The van der Waals surface area contributed by atoms with Crippen molar-refractivity contribution in [1.82, 2.24) is 9.78 Å². The van der Waals surface area contributed by atoms with Crippen molar-refractivity contribution in [1.29, 1.82) is 0 Å². The van der Waals surface area contributed by atoms with E-state index in [1.807, 2.05) is 0 Å². The number of carbonyl (C=O) groups is 1. The first-order chi connectivity index (χ1) is 12.4. The number of ether oxygens (including phenoxy) is 2. The summed E-state index contributed by atoms with van der Waals surface area (Å²) < 4.78 is 48.4. The highest BCUT2D eigenvalue weighted by molar-refractivity contribution is 5.73. The van der Waals surface area contributed by atoms with E-state index in [1.54, 1.807) is 16.8 Å². The van der Waals surface area contributed by atoms with Gasteiger partial charge in [-0.25, -0.2) is 0 Å². The molecule has 1 aliphatic heterocycles. The molecule has 9 heteroatoms. The van der Waals surface area contributed by atoms with Crippen molar-refractivity contribution in [3.8, 4) is 17.0 Å². The molecule has 1 fully saturated rings. The summed E-state index contributed by atoms with van der Waals surface area (Å²) in [4.78, 5) is 10.7. The highest BCUT2D eigenvalue weighted by Gasteiger charge is 2.31. The Morgan fingerprint density at radius 1 is 1.31 bits per heavy atom. The molecule has 0 atom stereocenters. The first-order valence-corrected chi connectivity index (χ1v) is 8.16. The summed E-state index contributed by atoms with van der Waals surface area (Å²) in [6.45, 7) is 1.94. The number of halogens is 3. The Balaban J connectivity index is 1.89. The van der Waals surface area contributed by atoms with Gasteiger partial charge in [-0.2, -0.15) is 5.10 Å². The lowest BCUT2D eigenvalue weighted by Crippen LogP contribution is -2.21. The van der Waals surface area contributed by atoms with Crippen molar-refractivity contribution in [3.63, 3.8) is 0 Å². The number of nitrogens with zero attached hydrogens (tertiary/aromatic N) is 2. The van der Waals surface area contributed by atoms with E-state index >= 15 is 0 Å². The molecule has 26 heavy (non-hydrogen) atoms. The molecule has 1 amide bonds. The third-order valence-corrected chi connectivity index (χ3v) is 4.12. The minimum atomic E-state index is -4.76. The van der Waals surface area contributed by atoms with Crippen LogP contribution in [-0.2, 0) is 16.1 Å². The molecule has 2 heterocycles. The summed E-state index contributed by atoms with van der Waals surface area (Å²) in [5.41, 5.74) is 1.12. The zero-order chi connectivity index (χ0) is 18.6. The average Bonchev–Trinajstić information content (AvgIpc) is 2.97. The van der Waals surface area contributed by atoms with E-state index in [0.717, 1.165) is 12.8 Å². The van der Waals surface area contributed by atoms with E-state index in [4.69, 9.17) is 4.74 Å². The SMILES string of the molecule is O=CNc1cc(-c2cccc(OC(F)(F)F)c2)n(CC2CCOCC2)n1. The summed E-state index contributed by atoms with van der Waals surface area (Å²) in [5.74, 6) is 0.379. The molecule has 1 aliphatic rings. The Labute approximate surface area is 147 Å². The lowest BCUT2D eigenvalue weighted by atomic mass is 10.0. The molecule has 1 saturated heterocycles. The van der Waals surface area contributed by atoms with Crippen LogP contribution < -0.4 is 10.1 Å². The van der Waals surface area contributed by atoms with Gasteiger partial charge < -0.3 is 14.8 Å². The summed E-state index contributed by atoms with van der Waals surface area (Å²) >= 11 is 0. The van der Waals surface area contributed by atoms with Gasteiger partial charge in [-0.15, -0.1) is 13.2 Å². The van der Waals surface area contributed by atoms with Gasteiger partial charge in [0, 0.05) is 31.4 Å². The number of aromatic nitrogens is 2. The number of amides is 1. The molecule has 3 rings (SSSR count). The molecule has 6 nitrogen and oxygen atoms in total. The van der Waals surface area contributed by atoms with Gasteiger partial charge in [-0.1, -0.05) is 12.1 Å². The number of nitrogens with one attached hydrogen (secondary N) is 1. The fraction of sp³-hybridized carbons (Fsp3) is 0.412. The van der Waals surface area contributed by atoms with Gasteiger partial charge >= 0.3 is 6.36 Å². The lowest BCUT2D eigenvalue weighted by Gasteiger charge is -2.22. The topological polar surface area (TPSA) is 65.4 Å². The van der Waals surface area contributed by atoms with Crippen molar-refractivity contribution in [2.75, 3.05) is 18.5 Å². The number of alkyl halides is 3. The van der Waals surface area contributed by atoms with Crippen molar-refractivity contribution in [2.24, 2.45) is 5.92 Å². The molecule has 0 aliphatic carbocycles. The summed E-state index contributed by atoms with van der Waals surface area (Å²) in [7, 11) is 0. The highest BCUT2D eigenvalue weighted by Crippen LogP contribution is 2.30. The molecular formula is C17H18F3N3O3. The first kappa shape index (κ1) is 18.2. The minimum Gasteiger partial charge on any atom is -0.406 e. The van der Waals surface area contributed by atoms with Crippen LogP contribution in [0, 0.1) is 5.92 Å². The van der Waals surface area contributed by atoms with Crippen LogP contribution in [0.25, 0.3) is 11.3 Å². The van der Waals surface area contributed by atoms with Gasteiger partial charge in [-0.05, 0) is 30.9 Å². The second kappa shape index (κ2) is 7.77. The molecule has 0 bridgehead atoms. The minimum absolute atomic E-state index is 0.307. The van der Waals surface area contributed by atoms with Crippen LogP contribution in [0.5, 0.6) is 5.75 Å². The third-order valence-electron chi connectivity index (χ3n) is 4.12. The van der Waals surface area contributed by atoms with Crippen molar-refractivity contribution < 1.29 is 27.4 Å². The van der Waals surface area contributed by atoms with E-state index < -0.39 is 6.36 Å². The second-order valence-electron chi connectivity index (χ2n) is 5.99. The average molecular weight is 369 g/mol. The molecule has 0 unspecified atom stereocenters. The predicted molar refractivity (Wildman–Crippen MR) is 87.6 cm³/mol. The maximum absolute atomic E-state index is 12.5. The maximum Gasteiger partial charge on any atom is 0.573 e. The maximum atomic E-state index is 12.5. The second-order valence-corrected chi connectivity index (χ2v) is 5.99. The molecule has 2 aromatic rings. The van der Waals surface area contributed by atoms with Crippen molar-refractivity contribution in [2.45, 2.75) is 25.7 Å². The van der Waals surface area contributed by atoms with Crippen LogP contribution in [0.2, 0.25) is 0 Å². The van der Waals surface area contributed by atoms with Crippen LogP contribution in [0.15, 0.2) is 30.3 Å². The highest BCUT2D eigenvalue weighted by atomic mass is 19.4. The Morgan fingerprint density at radius 3 is 2.77 bits per heavy atom. The van der Waals surface area contributed by atoms with Crippen LogP contribution in [-0.4, -0.2) is 35.8 Å². The molecule has 140 valence electrons. The molecule has 0 radical (unpaired) electrons. The van der Waals surface area contributed by atoms with E-state index in [0.29, 0.717) is 49.2 Å². The monoisotopic (exact) mass is 369 g/mol. The fourth-order valence-corrected chi connectivity index (χ4v) is 2.95. The van der Waals surface area contributed by atoms with Crippen LogP contribution in [0.1, 0.15) is 12.8 Å². The Morgan fingerprint density at radius 2 is 2.08 bits per heavy atom. The van der Waals surface area contributed by atoms with Gasteiger partial charge in [-0.3, -0.25) is 9.48 Å². The lowest BCUT2D eigenvalue weighted by molar-refractivity contribution is -0.274. The zero-order valence-electron chi connectivity index (χ0n) is 13.8. The van der Waals surface area contributed by atoms with Crippen LogP contribution >= 0.6 is 0 Å². The fourth-order valence-electron chi connectivity index (χ4n) is 2.95. The molecular weight excluding hydrogens is 351 g/mol. The number of hydrogen-bond acceptors (Lipinski definition) is 4. The quantitative estimate of drug-likeness (QED) is 0.792. The van der Waals surface area contributed by atoms with Crippen LogP contribution in [0.3, 0.4) is 0 Å². The van der Waals surface area contributed by atoms with E-state index in [2.05, 4.69) is 15.2 Å². The van der Waals surface area contributed by atoms with Gasteiger partial charge in [0.2, 0.25) is 6.41 Å². The largest absolute Gasteiger partial charge is 0.573 e. The van der Waals surface area contributed by atoms with E-state index in [1.165, 1.54) is 18.2 Å². The summed E-state index contributed by atoms with van der Waals surface area (Å²) in [6.07, 6.45) is -2.49. The number of carbonyl (C=O) groups excluding carboxylic acids is 1. The van der Waals surface area contributed by atoms with E-state index in [9.17, 15) is 18.0 Å². The van der Waals surface area contributed by atoms with Gasteiger partial charge in [0.15, 0.2) is 5.82 Å². The molecule has 0 saturated carbocycles. The van der Waals surface area contributed by atoms with E-state index in [-0.39, 0.29) is 5.75 Å². The number of benzene rings is 1. The van der Waals surface area contributed by atoms with Gasteiger partial charge in [0.1, 0.15) is 5.75 Å². The Kier molecular flexibility index (Phi) is 5.46. The molecule has 1 aromatic carbocycles. The van der Waals surface area contributed by atoms with Gasteiger partial charge in [0.05, 0.1) is 5.69 Å². The summed E-state index contributed by atoms with van der Waals surface area (Å²) in [6, 6.07) is 7.32. The van der Waals surface area contributed by atoms with Gasteiger partial charge in [0.25, 0.3) is 0 Å². The number of rotatable bonds is 6. The third kappa shape index (κ3) is 4.75. The smallest absolute Gasteiger partial charge is 0.406 e. The molecule has 1 aromatic heterocycles. The number of hydrogen-bond donors (Lipinski definition) is 1. The Bertz CT molecular complexity index is 755. The molecule has 1 N–H and O–H groups in total. The van der Waals surface area contributed by atoms with Crippen molar-refractivity contribution in [3.05, 3.63) is 30.3 Å². The molecule has 0 spiro atoms. The predicted octanol–water partition coefficient (Wildman–Crippen LogP) is 3.44. The normalized spacial score (nSPS) is 15.7. The standard InChI is InChI=1S/C17H18F3N3O3/c18-17(19,20)26-14-3-1-2-13(8-14)15-9-16(21-11-24)22-23(15)10-12-4-6-25-7-5-12/h1-3,8-9,11-12H,4-7,10H2,(H,21,22,24). The van der Waals surface area contributed by atoms with Crippen LogP contribution in [0.4, 0.5) is 19.0 Å². The number of anilines is 1. The van der Waals surface area contributed by atoms with Crippen molar-refractivity contribution >= 4 is 12.2 Å². The first-order valence-electron chi connectivity index (χ1n) is 8.16. The zero-order valence-corrected chi connectivity index (χ0v) is 13.8.